The molecule has 2 aromatic carbocycles. The van der Waals surface area contributed by atoms with Gasteiger partial charge in [0.2, 0.25) is 5.82 Å². The Balaban J connectivity index is 1.45. The van der Waals surface area contributed by atoms with Gasteiger partial charge in [0.1, 0.15) is 22.9 Å². The van der Waals surface area contributed by atoms with E-state index in [1.54, 1.807) is 0 Å². The second-order valence-corrected chi connectivity index (χ2v) is 6.68. The van der Waals surface area contributed by atoms with Crippen LogP contribution in [0, 0.1) is 6.92 Å². The number of aromatic nitrogens is 6. The summed E-state index contributed by atoms with van der Waals surface area (Å²) in [5.74, 6) is 1.71. The Kier molecular flexibility index (Phi) is 4.49. The van der Waals surface area contributed by atoms with Crippen LogP contribution in [0.1, 0.15) is 5.69 Å². The first-order valence-corrected chi connectivity index (χ1v) is 9.38. The highest BCUT2D eigenvalue weighted by atomic mass is 16.5. The molecule has 0 amide bonds. The molecule has 0 fully saturated rings. The van der Waals surface area contributed by atoms with E-state index in [1.807, 2.05) is 55.5 Å². The third-order valence-corrected chi connectivity index (χ3v) is 4.69. The summed E-state index contributed by atoms with van der Waals surface area (Å²) in [6.07, 6.45) is 0. The Morgan fingerprint density at radius 2 is 1.60 bits per heavy atom. The summed E-state index contributed by atoms with van der Waals surface area (Å²) in [6.45, 7) is 1.89. The molecule has 0 aliphatic rings. The number of rotatable bonds is 5. The van der Waals surface area contributed by atoms with Crippen molar-refractivity contribution in [2.75, 3.05) is 5.32 Å². The molecule has 0 unspecified atom stereocenters. The van der Waals surface area contributed by atoms with Crippen LogP contribution in [0.25, 0.3) is 34.0 Å². The molecular formula is C22H17N7O. The van der Waals surface area contributed by atoms with Crippen molar-refractivity contribution in [2.24, 2.45) is 0 Å². The molecule has 5 aromatic rings. The van der Waals surface area contributed by atoms with Crippen LogP contribution in [0.4, 0.5) is 11.5 Å². The predicted octanol–water partition coefficient (Wildman–Crippen LogP) is 4.64. The molecule has 0 saturated heterocycles. The minimum atomic E-state index is 0.428. The lowest BCUT2D eigenvalue weighted by molar-refractivity contribution is 0.427. The highest BCUT2D eigenvalue weighted by molar-refractivity contribution is 5.79. The second kappa shape index (κ2) is 7.59. The number of anilines is 2. The quantitative estimate of drug-likeness (QED) is 0.447. The highest BCUT2D eigenvalue weighted by Gasteiger charge is 2.16. The summed E-state index contributed by atoms with van der Waals surface area (Å²) >= 11 is 0. The lowest BCUT2D eigenvalue weighted by Crippen LogP contribution is -1.97. The van der Waals surface area contributed by atoms with E-state index < -0.39 is 0 Å². The lowest BCUT2D eigenvalue weighted by Gasteiger charge is -2.08. The maximum atomic E-state index is 5.62. The van der Waals surface area contributed by atoms with Gasteiger partial charge < -0.3 is 9.84 Å². The van der Waals surface area contributed by atoms with Gasteiger partial charge in [0, 0.05) is 5.56 Å². The molecule has 5 rings (SSSR count). The van der Waals surface area contributed by atoms with E-state index in [0.717, 1.165) is 22.5 Å². The first kappa shape index (κ1) is 17.7. The van der Waals surface area contributed by atoms with Crippen LogP contribution in [0.5, 0.6) is 0 Å². The minimum Gasteiger partial charge on any atom is -0.354 e. The molecule has 0 bridgehead atoms. The van der Waals surface area contributed by atoms with Gasteiger partial charge in [-0.2, -0.15) is 5.21 Å². The second-order valence-electron chi connectivity index (χ2n) is 6.68. The van der Waals surface area contributed by atoms with Gasteiger partial charge in [-0.15, -0.1) is 10.2 Å². The topological polar surface area (TPSA) is 105 Å². The van der Waals surface area contributed by atoms with E-state index in [2.05, 4.69) is 60.3 Å². The standard InChI is InChI=1S/C22H17N7O/c1-14-20(24-19-9-5-8-18(23-19)22-25-28-29-26-22)21(30-27-14)17-12-10-16(11-13-17)15-6-3-2-4-7-15/h2-13H,1H3,(H,23,24)(H,25,26,28,29). The fourth-order valence-electron chi connectivity index (χ4n) is 3.19. The van der Waals surface area contributed by atoms with Crippen LogP contribution in [-0.2, 0) is 0 Å². The largest absolute Gasteiger partial charge is 0.354 e. The first-order chi connectivity index (χ1) is 14.8. The summed E-state index contributed by atoms with van der Waals surface area (Å²) in [4.78, 5) is 4.55. The zero-order chi connectivity index (χ0) is 20.3. The van der Waals surface area contributed by atoms with E-state index in [4.69, 9.17) is 4.52 Å². The third kappa shape index (κ3) is 3.42. The fourth-order valence-corrected chi connectivity index (χ4v) is 3.19. The molecule has 146 valence electrons. The van der Waals surface area contributed by atoms with Crippen molar-refractivity contribution in [3.05, 3.63) is 78.5 Å². The summed E-state index contributed by atoms with van der Waals surface area (Å²) in [7, 11) is 0. The van der Waals surface area contributed by atoms with Crippen LogP contribution in [-0.4, -0.2) is 30.8 Å². The van der Waals surface area contributed by atoms with Gasteiger partial charge >= 0.3 is 0 Å². The van der Waals surface area contributed by atoms with E-state index >= 15 is 0 Å². The Labute approximate surface area is 172 Å². The third-order valence-electron chi connectivity index (χ3n) is 4.69. The van der Waals surface area contributed by atoms with Crippen LogP contribution >= 0.6 is 0 Å². The van der Waals surface area contributed by atoms with Gasteiger partial charge in [0.05, 0.1) is 0 Å². The predicted molar refractivity (Wildman–Crippen MR) is 113 cm³/mol. The average Bonchev–Trinajstić information content (AvgIpc) is 3.46. The van der Waals surface area contributed by atoms with Gasteiger partial charge in [-0.25, -0.2) is 4.98 Å². The Bertz CT molecular complexity index is 1260. The smallest absolute Gasteiger partial charge is 0.223 e. The maximum absolute atomic E-state index is 5.62. The molecule has 0 saturated carbocycles. The number of benzene rings is 2. The van der Waals surface area contributed by atoms with Gasteiger partial charge in [0.25, 0.3) is 0 Å². The van der Waals surface area contributed by atoms with Crippen molar-refractivity contribution in [2.45, 2.75) is 6.92 Å². The Morgan fingerprint density at radius 1 is 0.833 bits per heavy atom. The SMILES string of the molecule is Cc1noc(-c2ccc(-c3ccccc3)cc2)c1Nc1cccc(-c2nn[nH]n2)n1. The normalized spacial score (nSPS) is 10.8. The molecule has 3 aromatic heterocycles. The van der Waals surface area contributed by atoms with E-state index in [0.29, 0.717) is 23.1 Å². The molecule has 0 aliphatic heterocycles. The lowest BCUT2D eigenvalue weighted by atomic mass is 10.0. The van der Waals surface area contributed by atoms with Crippen LogP contribution < -0.4 is 5.32 Å². The summed E-state index contributed by atoms with van der Waals surface area (Å²) in [5.41, 5.74) is 5.34. The monoisotopic (exact) mass is 395 g/mol. The van der Waals surface area contributed by atoms with Crippen LogP contribution in [0.2, 0.25) is 0 Å². The molecule has 30 heavy (non-hydrogen) atoms. The maximum Gasteiger partial charge on any atom is 0.223 e. The number of hydrogen-bond donors (Lipinski definition) is 2. The van der Waals surface area contributed by atoms with Crippen molar-refractivity contribution in [3.63, 3.8) is 0 Å². The van der Waals surface area contributed by atoms with Gasteiger partial charge in [-0.1, -0.05) is 65.8 Å². The number of H-pyrrole nitrogens is 1. The molecule has 2 N–H and O–H groups in total. The zero-order valence-corrected chi connectivity index (χ0v) is 16.1. The van der Waals surface area contributed by atoms with Gasteiger partial charge in [-0.05, 0) is 35.4 Å². The average molecular weight is 395 g/mol. The number of tetrazole rings is 1. The zero-order valence-electron chi connectivity index (χ0n) is 16.1. The molecule has 8 heteroatoms. The number of nitrogens with one attached hydrogen (secondary N) is 2. The number of hydrogen-bond acceptors (Lipinski definition) is 7. The molecule has 0 atom stereocenters. The number of aryl methyl sites for hydroxylation is 1. The molecular weight excluding hydrogens is 378 g/mol. The van der Waals surface area contributed by atoms with Crippen LogP contribution in [0.3, 0.4) is 0 Å². The summed E-state index contributed by atoms with van der Waals surface area (Å²) in [5, 5.41) is 21.4. The van der Waals surface area contributed by atoms with Crippen molar-refractivity contribution in [1.29, 1.82) is 0 Å². The highest BCUT2D eigenvalue weighted by Crippen LogP contribution is 2.34. The fraction of sp³-hybridized carbons (Fsp3) is 0.0455. The Hall–Kier alpha value is -4.33. The van der Waals surface area contributed by atoms with Crippen molar-refractivity contribution < 1.29 is 4.52 Å². The van der Waals surface area contributed by atoms with Crippen molar-refractivity contribution >= 4 is 11.5 Å². The van der Waals surface area contributed by atoms with Gasteiger partial charge in [0.15, 0.2) is 5.76 Å². The molecule has 8 nitrogen and oxygen atoms in total. The molecule has 0 aliphatic carbocycles. The van der Waals surface area contributed by atoms with Crippen molar-refractivity contribution in [3.8, 4) is 34.0 Å². The summed E-state index contributed by atoms with van der Waals surface area (Å²) in [6, 6.07) is 24.0. The molecule has 0 radical (unpaired) electrons. The van der Waals surface area contributed by atoms with E-state index in [9.17, 15) is 0 Å². The van der Waals surface area contributed by atoms with E-state index in [1.165, 1.54) is 5.56 Å². The molecule has 3 heterocycles. The number of aromatic amines is 1. The van der Waals surface area contributed by atoms with Gasteiger partial charge in [-0.3, -0.25) is 0 Å². The first-order valence-electron chi connectivity index (χ1n) is 9.38. The minimum absolute atomic E-state index is 0.428. The number of pyridine rings is 1. The Morgan fingerprint density at radius 3 is 2.37 bits per heavy atom. The number of nitrogens with zero attached hydrogens (tertiary/aromatic N) is 5. The van der Waals surface area contributed by atoms with Crippen LogP contribution in [0.15, 0.2) is 77.3 Å². The summed E-state index contributed by atoms with van der Waals surface area (Å²) < 4.78 is 5.62. The van der Waals surface area contributed by atoms with Crippen molar-refractivity contribution in [1.82, 2.24) is 30.8 Å². The van der Waals surface area contributed by atoms with E-state index in [-0.39, 0.29) is 0 Å². The molecule has 0 spiro atoms.